The number of fused-ring (bicyclic) bond motifs is 1. The lowest BCUT2D eigenvalue weighted by Gasteiger charge is -2.37. The molecule has 0 aliphatic carbocycles. The van der Waals surface area contributed by atoms with E-state index in [9.17, 15) is 18.0 Å². The van der Waals surface area contributed by atoms with Gasteiger partial charge in [-0.05, 0) is 29.5 Å². The number of thioether (sulfide) groups is 1. The minimum Gasteiger partial charge on any atom is -0.309 e. The summed E-state index contributed by atoms with van der Waals surface area (Å²) in [6, 6.07) is 13.2. The van der Waals surface area contributed by atoms with E-state index in [0.29, 0.717) is 17.3 Å². The van der Waals surface area contributed by atoms with Crippen LogP contribution < -0.4 is 5.32 Å². The largest absolute Gasteiger partial charge is 0.425 e. The van der Waals surface area contributed by atoms with Crippen LogP contribution in [0.15, 0.2) is 64.2 Å². The van der Waals surface area contributed by atoms with E-state index in [2.05, 4.69) is 31.3 Å². The average molecular weight is 455 g/mol. The number of nitrogens with zero attached hydrogens (tertiary/aromatic N) is 3. The number of amides is 1. The van der Waals surface area contributed by atoms with Crippen molar-refractivity contribution in [2.75, 3.05) is 0 Å². The number of hydrogen-bond donors (Lipinski definition) is 1. The van der Waals surface area contributed by atoms with E-state index < -0.39 is 17.1 Å². The van der Waals surface area contributed by atoms with Crippen molar-refractivity contribution in [1.82, 2.24) is 20.1 Å². The van der Waals surface area contributed by atoms with Crippen molar-refractivity contribution in [2.45, 2.75) is 16.2 Å². The first-order valence-electron chi connectivity index (χ1n) is 7.67. The molecule has 1 amide bonds. The zero-order valence-electron chi connectivity index (χ0n) is 13.4. The van der Waals surface area contributed by atoms with Gasteiger partial charge in [-0.1, -0.05) is 58.4 Å². The van der Waals surface area contributed by atoms with Crippen molar-refractivity contribution in [3.05, 3.63) is 64.6 Å². The molecule has 1 aromatic heterocycles. The van der Waals surface area contributed by atoms with Crippen molar-refractivity contribution in [3.63, 3.8) is 0 Å². The molecule has 0 saturated heterocycles. The summed E-state index contributed by atoms with van der Waals surface area (Å²) in [6.07, 6.45) is -4.75. The van der Waals surface area contributed by atoms with E-state index >= 15 is 0 Å². The zero-order valence-corrected chi connectivity index (χ0v) is 15.8. The highest BCUT2D eigenvalue weighted by molar-refractivity contribution is 9.10. The van der Waals surface area contributed by atoms with Gasteiger partial charge in [0.2, 0.25) is 4.87 Å². The number of halogens is 4. The molecule has 2 heterocycles. The molecular formula is C17H10BrF3N4OS. The van der Waals surface area contributed by atoms with Crippen molar-refractivity contribution in [1.29, 1.82) is 0 Å². The Kier molecular flexibility index (Phi) is 4.26. The van der Waals surface area contributed by atoms with Crippen molar-refractivity contribution >= 4 is 33.7 Å². The summed E-state index contributed by atoms with van der Waals surface area (Å²) < 4.78 is 43.8. The van der Waals surface area contributed by atoms with Gasteiger partial charge in [0, 0.05) is 10.0 Å². The standard InChI is InChI=1S/C17H10BrF3N4OS/c18-12-8-6-10(7-9-12)13-22-15-25(24-13)14(26)23-16(27-15,17(19,20)21)11-4-2-1-3-5-11/h1-9H,(H,23,26). The lowest BCUT2D eigenvalue weighted by molar-refractivity contribution is -0.168. The number of hydrogen-bond acceptors (Lipinski definition) is 4. The minimum absolute atomic E-state index is 0.0877. The molecule has 0 saturated carbocycles. The lowest BCUT2D eigenvalue weighted by Crippen LogP contribution is -2.57. The number of benzene rings is 2. The molecule has 0 fully saturated rings. The molecule has 138 valence electrons. The van der Waals surface area contributed by atoms with Gasteiger partial charge in [0.1, 0.15) is 0 Å². The van der Waals surface area contributed by atoms with Gasteiger partial charge in [-0.3, -0.25) is 0 Å². The molecule has 1 atom stereocenters. The quantitative estimate of drug-likeness (QED) is 0.604. The molecular weight excluding hydrogens is 445 g/mol. The van der Waals surface area contributed by atoms with Crippen LogP contribution in [-0.4, -0.2) is 27.0 Å². The number of carbonyl (C=O) groups is 1. The van der Waals surface area contributed by atoms with Crippen LogP contribution >= 0.6 is 27.7 Å². The third-order valence-electron chi connectivity index (χ3n) is 3.98. The molecule has 1 aliphatic heterocycles. The van der Waals surface area contributed by atoms with E-state index in [-0.39, 0.29) is 16.5 Å². The molecule has 4 rings (SSSR count). The summed E-state index contributed by atoms with van der Waals surface area (Å²) in [7, 11) is 0. The summed E-state index contributed by atoms with van der Waals surface area (Å²) in [4.78, 5) is 14.0. The van der Waals surface area contributed by atoms with E-state index in [1.807, 2.05) is 0 Å². The Labute approximate surface area is 164 Å². The Morgan fingerprint density at radius 3 is 2.37 bits per heavy atom. The average Bonchev–Trinajstić information content (AvgIpc) is 3.06. The summed E-state index contributed by atoms with van der Waals surface area (Å²) in [5.74, 6) is 0.172. The topological polar surface area (TPSA) is 59.8 Å². The second-order valence-corrected chi connectivity index (χ2v) is 7.81. The molecule has 1 unspecified atom stereocenters. The monoisotopic (exact) mass is 454 g/mol. The zero-order chi connectivity index (χ0) is 19.2. The first kappa shape index (κ1) is 18.1. The van der Waals surface area contributed by atoms with Gasteiger partial charge in [-0.25, -0.2) is 9.78 Å². The number of nitrogens with one attached hydrogen (secondary N) is 1. The molecule has 1 aliphatic rings. The van der Waals surface area contributed by atoms with Crippen molar-refractivity contribution in [2.24, 2.45) is 0 Å². The second kappa shape index (κ2) is 6.38. The van der Waals surface area contributed by atoms with Crippen LogP contribution in [0.3, 0.4) is 0 Å². The highest BCUT2D eigenvalue weighted by Crippen LogP contribution is 2.51. The normalized spacial score (nSPS) is 19.5. The van der Waals surface area contributed by atoms with E-state index in [0.717, 1.165) is 9.15 Å². The fourth-order valence-corrected chi connectivity index (χ4v) is 4.07. The van der Waals surface area contributed by atoms with Crippen LogP contribution in [0.5, 0.6) is 0 Å². The van der Waals surface area contributed by atoms with Gasteiger partial charge in [-0.15, -0.1) is 5.10 Å². The number of rotatable bonds is 2. The smallest absolute Gasteiger partial charge is 0.309 e. The van der Waals surface area contributed by atoms with Gasteiger partial charge < -0.3 is 5.32 Å². The van der Waals surface area contributed by atoms with Crippen molar-refractivity contribution < 1.29 is 18.0 Å². The second-order valence-electron chi connectivity index (χ2n) is 5.71. The summed E-state index contributed by atoms with van der Waals surface area (Å²) in [5.41, 5.74) is 0.501. The minimum atomic E-state index is -4.75. The van der Waals surface area contributed by atoms with Gasteiger partial charge in [0.25, 0.3) is 0 Å². The summed E-state index contributed by atoms with van der Waals surface area (Å²) in [5, 5.41) is 6.00. The molecule has 5 nitrogen and oxygen atoms in total. The highest BCUT2D eigenvalue weighted by Gasteiger charge is 2.61. The van der Waals surface area contributed by atoms with Gasteiger partial charge in [0.05, 0.1) is 0 Å². The first-order valence-corrected chi connectivity index (χ1v) is 9.28. The maximum atomic E-state index is 14.0. The van der Waals surface area contributed by atoms with Crippen LogP contribution in [0.25, 0.3) is 11.4 Å². The maximum Gasteiger partial charge on any atom is 0.425 e. The van der Waals surface area contributed by atoms with E-state index in [1.54, 1.807) is 30.3 Å². The Morgan fingerprint density at radius 1 is 1.07 bits per heavy atom. The summed E-state index contributed by atoms with van der Waals surface area (Å²) >= 11 is 3.72. The SMILES string of the molecule is O=C1NC(c2ccccc2)(C(F)(F)F)Sc2nc(-c3ccc(Br)cc3)nn21. The highest BCUT2D eigenvalue weighted by atomic mass is 79.9. The molecule has 1 N–H and O–H groups in total. The number of aromatic nitrogens is 3. The molecule has 27 heavy (non-hydrogen) atoms. The van der Waals surface area contributed by atoms with Crippen LogP contribution in [0, 0.1) is 0 Å². The number of carbonyl (C=O) groups excluding carboxylic acids is 1. The third kappa shape index (κ3) is 3.02. The Hall–Kier alpha value is -2.33. The molecule has 0 spiro atoms. The predicted octanol–water partition coefficient (Wildman–Crippen LogP) is 4.79. The summed E-state index contributed by atoms with van der Waals surface area (Å²) in [6.45, 7) is 0. The first-order chi connectivity index (χ1) is 12.8. The lowest BCUT2D eigenvalue weighted by atomic mass is 10.1. The maximum absolute atomic E-state index is 14.0. The van der Waals surface area contributed by atoms with Gasteiger partial charge in [0.15, 0.2) is 11.0 Å². The van der Waals surface area contributed by atoms with E-state index in [4.69, 9.17) is 0 Å². The Balaban J connectivity index is 1.82. The van der Waals surface area contributed by atoms with Crippen LogP contribution in [0.4, 0.5) is 18.0 Å². The molecule has 0 radical (unpaired) electrons. The fraction of sp³-hybridized carbons (Fsp3) is 0.118. The van der Waals surface area contributed by atoms with Crippen molar-refractivity contribution in [3.8, 4) is 11.4 Å². The predicted molar refractivity (Wildman–Crippen MR) is 97.1 cm³/mol. The molecule has 10 heteroatoms. The van der Waals surface area contributed by atoms with Crippen LogP contribution in [0.2, 0.25) is 0 Å². The Morgan fingerprint density at radius 2 is 1.74 bits per heavy atom. The third-order valence-corrected chi connectivity index (χ3v) is 5.83. The number of alkyl halides is 3. The van der Waals surface area contributed by atoms with Crippen LogP contribution in [0.1, 0.15) is 5.56 Å². The van der Waals surface area contributed by atoms with Gasteiger partial charge in [-0.2, -0.15) is 17.9 Å². The fourth-order valence-electron chi connectivity index (χ4n) is 2.68. The molecule has 0 bridgehead atoms. The van der Waals surface area contributed by atoms with Gasteiger partial charge >= 0.3 is 12.2 Å². The van der Waals surface area contributed by atoms with Crippen LogP contribution in [-0.2, 0) is 4.87 Å². The molecule has 3 aromatic rings. The van der Waals surface area contributed by atoms with E-state index in [1.165, 1.54) is 24.3 Å². The Bertz CT molecular complexity index is 1010. The molecule has 2 aromatic carbocycles.